The molecule has 3 N–H and O–H groups in total. The van der Waals surface area contributed by atoms with Crippen LogP contribution in [0.1, 0.15) is 16.8 Å². The van der Waals surface area contributed by atoms with Gasteiger partial charge in [-0.3, -0.25) is 9.69 Å². The monoisotopic (exact) mass is 287 g/mol. The van der Waals surface area contributed by atoms with E-state index in [-0.39, 0.29) is 0 Å². The standard InChI is InChI=1S/C16H21N3O2/c1-10-11(2)18-15-12(4-3-5-13(10)15)8-19-7-6-17-14(9-19)16(20)21/h3-5,14,17-18H,6-9H2,1-2H3,(H,20,21). The van der Waals surface area contributed by atoms with Gasteiger partial charge in [-0.05, 0) is 25.0 Å². The molecule has 0 saturated carbocycles. The van der Waals surface area contributed by atoms with Gasteiger partial charge in [0.25, 0.3) is 0 Å². The Kier molecular flexibility index (Phi) is 3.69. The molecular weight excluding hydrogens is 266 g/mol. The highest BCUT2D eigenvalue weighted by Crippen LogP contribution is 2.25. The van der Waals surface area contributed by atoms with Crippen molar-refractivity contribution in [2.45, 2.75) is 26.4 Å². The van der Waals surface area contributed by atoms with Gasteiger partial charge >= 0.3 is 5.97 Å². The van der Waals surface area contributed by atoms with E-state index in [1.54, 1.807) is 0 Å². The first kappa shape index (κ1) is 14.1. The largest absolute Gasteiger partial charge is 0.480 e. The molecular formula is C16H21N3O2. The van der Waals surface area contributed by atoms with Crippen molar-refractivity contribution in [2.24, 2.45) is 0 Å². The van der Waals surface area contributed by atoms with Gasteiger partial charge in [0, 0.05) is 37.3 Å². The molecule has 112 valence electrons. The minimum absolute atomic E-state index is 0.468. The van der Waals surface area contributed by atoms with Gasteiger partial charge < -0.3 is 15.4 Å². The van der Waals surface area contributed by atoms with Crippen molar-refractivity contribution in [1.82, 2.24) is 15.2 Å². The van der Waals surface area contributed by atoms with Crippen LogP contribution in [0.3, 0.4) is 0 Å². The third kappa shape index (κ3) is 2.66. The van der Waals surface area contributed by atoms with Gasteiger partial charge in [-0.15, -0.1) is 0 Å². The van der Waals surface area contributed by atoms with Crippen LogP contribution in [-0.2, 0) is 11.3 Å². The van der Waals surface area contributed by atoms with E-state index < -0.39 is 12.0 Å². The fraction of sp³-hybridized carbons (Fsp3) is 0.438. The fourth-order valence-corrected chi connectivity index (χ4v) is 3.04. The van der Waals surface area contributed by atoms with Gasteiger partial charge in [0.05, 0.1) is 5.52 Å². The lowest BCUT2D eigenvalue weighted by atomic mass is 10.1. The van der Waals surface area contributed by atoms with Crippen LogP contribution in [0.25, 0.3) is 10.9 Å². The number of para-hydroxylation sites is 1. The second kappa shape index (κ2) is 5.50. The number of aliphatic carboxylic acids is 1. The molecule has 2 aromatic rings. The van der Waals surface area contributed by atoms with E-state index >= 15 is 0 Å². The van der Waals surface area contributed by atoms with Crippen molar-refractivity contribution in [2.75, 3.05) is 19.6 Å². The number of hydrogen-bond donors (Lipinski definition) is 3. The van der Waals surface area contributed by atoms with Crippen LogP contribution in [0.5, 0.6) is 0 Å². The minimum Gasteiger partial charge on any atom is -0.480 e. The summed E-state index contributed by atoms with van der Waals surface area (Å²) in [5, 5.41) is 13.4. The Labute approximate surface area is 124 Å². The first-order valence-electron chi connectivity index (χ1n) is 7.31. The maximum absolute atomic E-state index is 11.1. The number of carboxylic acids is 1. The Morgan fingerprint density at radius 1 is 1.43 bits per heavy atom. The number of benzene rings is 1. The summed E-state index contributed by atoms with van der Waals surface area (Å²) in [5.74, 6) is -0.774. The van der Waals surface area contributed by atoms with Crippen LogP contribution >= 0.6 is 0 Å². The topological polar surface area (TPSA) is 68.4 Å². The number of hydrogen-bond acceptors (Lipinski definition) is 3. The second-order valence-corrected chi connectivity index (χ2v) is 5.79. The molecule has 21 heavy (non-hydrogen) atoms. The van der Waals surface area contributed by atoms with Crippen molar-refractivity contribution >= 4 is 16.9 Å². The van der Waals surface area contributed by atoms with Gasteiger partial charge in [0.2, 0.25) is 0 Å². The highest BCUT2D eigenvalue weighted by atomic mass is 16.4. The first-order chi connectivity index (χ1) is 10.1. The van der Waals surface area contributed by atoms with E-state index in [1.165, 1.54) is 27.7 Å². The molecule has 3 rings (SSSR count). The Morgan fingerprint density at radius 2 is 2.24 bits per heavy atom. The molecule has 1 atom stereocenters. The molecule has 0 bridgehead atoms. The zero-order chi connectivity index (χ0) is 15.0. The number of aromatic amines is 1. The number of piperazine rings is 1. The number of aryl methyl sites for hydroxylation is 2. The van der Waals surface area contributed by atoms with Gasteiger partial charge in [-0.25, -0.2) is 0 Å². The van der Waals surface area contributed by atoms with E-state index in [9.17, 15) is 4.79 Å². The molecule has 0 radical (unpaired) electrons. The number of rotatable bonds is 3. The molecule has 5 heteroatoms. The van der Waals surface area contributed by atoms with Crippen molar-refractivity contribution in [3.05, 3.63) is 35.0 Å². The summed E-state index contributed by atoms with van der Waals surface area (Å²) in [5.41, 5.74) is 4.89. The number of fused-ring (bicyclic) bond motifs is 1. The molecule has 1 aliphatic rings. The highest BCUT2D eigenvalue weighted by molar-refractivity contribution is 5.87. The van der Waals surface area contributed by atoms with Gasteiger partial charge in [-0.1, -0.05) is 18.2 Å². The van der Waals surface area contributed by atoms with Crippen LogP contribution in [0.2, 0.25) is 0 Å². The highest BCUT2D eigenvalue weighted by Gasteiger charge is 2.25. The van der Waals surface area contributed by atoms with Gasteiger partial charge in [-0.2, -0.15) is 0 Å². The zero-order valence-corrected chi connectivity index (χ0v) is 12.4. The molecule has 1 unspecified atom stereocenters. The number of nitrogens with one attached hydrogen (secondary N) is 2. The Morgan fingerprint density at radius 3 is 3.00 bits per heavy atom. The average molecular weight is 287 g/mol. The van der Waals surface area contributed by atoms with E-state index in [1.807, 2.05) is 0 Å². The summed E-state index contributed by atoms with van der Waals surface area (Å²) in [6.07, 6.45) is 0. The van der Waals surface area contributed by atoms with E-state index in [4.69, 9.17) is 5.11 Å². The fourth-order valence-electron chi connectivity index (χ4n) is 3.04. The number of H-pyrrole nitrogens is 1. The molecule has 1 aromatic heterocycles. The summed E-state index contributed by atoms with van der Waals surface area (Å²) in [7, 11) is 0. The summed E-state index contributed by atoms with van der Waals surface area (Å²) in [4.78, 5) is 16.8. The first-order valence-corrected chi connectivity index (χ1v) is 7.31. The summed E-state index contributed by atoms with van der Waals surface area (Å²) >= 11 is 0. The van der Waals surface area contributed by atoms with Crippen LogP contribution < -0.4 is 5.32 Å². The maximum Gasteiger partial charge on any atom is 0.322 e. The number of aromatic nitrogens is 1. The van der Waals surface area contributed by atoms with E-state index in [0.29, 0.717) is 6.54 Å². The Bertz CT molecular complexity index is 677. The molecule has 2 heterocycles. The summed E-state index contributed by atoms with van der Waals surface area (Å²) in [6, 6.07) is 5.87. The van der Waals surface area contributed by atoms with Crippen LogP contribution in [0.4, 0.5) is 0 Å². The average Bonchev–Trinajstić information content (AvgIpc) is 2.76. The quantitative estimate of drug-likeness (QED) is 0.803. The Hall–Kier alpha value is -1.85. The lowest BCUT2D eigenvalue weighted by Crippen LogP contribution is -2.53. The van der Waals surface area contributed by atoms with Crippen molar-refractivity contribution < 1.29 is 9.90 Å². The predicted octanol–water partition coefficient (Wildman–Crippen LogP) is 1.64. The normalized spacial score (nSPS) is 20.0. The SMILES string of the molecule is Cc1[nH]c2c(CN3CCNC(C(=O)O)C3)cccc2c1C. The van der Waals surface area contributed by atoms with Crippen LogP contribution in [-0.4, -0.2) is 46.6 Å². The Balaban J connectivity index is 1.85. The van der Waals surface area contributed by atoms with Crippen molar-refractivity contribution in [1.29, 1.82) is 0 Å². The van der Waals surface area contributed by atoms with Gasteiger partial charge in [0.1, 0.15) is 6.04 Å². The molecule has 0 spiro atoms. The molecule has 5 nitrogen and oxygen atoms in total. The smallest absolute Gasteiger partial charge is 0.322 e. The molecule has 1 aromatic carbocycles. The summed E-state index contributed by atoms with van der Waals surface area (Å²) in [6.45, 7) is 7.13. The van der Waals surface area contributed by atoms with E-state index in [2.05, 4.69) is 47.2 Å². The van der Waals surface area contributed by atoms with E-state index in [0.717, 1.165) is 19.6 Å². The summed E-state index contributed by atoms with van der Waals surface area (Å²) < 4.78 is 0. The van der Waals surface area contributed by atoms with Crippen molar-refractivity contribution in [3.63, 3.8) is 0 Å². The third-order valence-corrected chi connectivity index (χ3v) is 4.38. The van der Waals surface area contributed by atoms with Crippen LogP contribution in [0, 0.1) is 13.8 Å². The number of carbonyl (C=O) groups is 1. The molecule has 1 saturated heterocycles. The molecule has 1 fully saturated rings. The predicted molar refractivity (Wildman–Crippen MR) is 82.5 cm³/mol. The molecule has 1 aliphatic heterocycles. The molecule has 0 aliphatic carbocycles. The maximum atomic E-state index is 11.1. The lowest BCUT2D eigenvalue weighted by Gasteiger charge is -2.31. The van der Waals surface area contributed by atoms with Gasteiger partial charge in [0.15, 0.2) is 0 Å². The number of carboxylic acid groups (broad SMARTS) is 1. The number of nitrogens with zero attached hydrogens (tertiary/aromatic N) is 1. The van der Waals surface area contributed by atoms with Crippen LogP contribution in [0.15, 0.2) is 18.2 Å². The molecule has 0 amide bonds. The second-order valence-electron chi connectivity index (χ2n) is 5.79. The third-order valence-electron chi connectivity index (χ3n) is 4.38. The zero-order valence-electron chi connectivity index (χ0n) is 12.4. The van der Waals surface area contributed by atoms with Crippen molar-refractivity contribution in [3.8, 4) is 0 Å². The minimum atomic E-state index is -0.774. The lowest BCUT2D eigenvalue weighted by molar-refractivity contribution is -0.140.